The zero-order valence-corrected chi connectivity index (χ0v) is 16.5. The molecule has 0 bridgehead atoms. The van der Waals surface area contributed by atoms with Crippen molar-refractivity contribution >= 4 is 19.8 Å². The van der Waals surface area contributed by atoms with Crippen LogP contribution in [0.25, 0.3) is 0 Å². The Bertz CT molecular complexity index is 195. The van der Waals surface area contributed by atoms with Crippen LogP contribution in [-0.4, -0.2) is 26.4 Å². The summed E-state index contributed by atoms with van der Waals surface area (Å²) in [4.78, 5) is 0. The van der Waals surface area contributed by atoms with E-state index in [2.05, 4.69) is 20.4 Å². The van der Waals surface area contributed by atoms with Crippen LogP contribution in [0.1, 0.15) is 72.1 Å². The normalized spacial score (nSPS) is 10.9. The second kappa shape index (κ2) is 14.7. The Morgan fingerprint density at radius 3 is 1.95 bits per heavy atom. The predicted molar refractivity (Wildman–Crippen MR) is 89.2 cm³/mol. The van der Waals surface area contributed by atoms with Crippen molar-refractivity contribution in [2.45, 2.75) is 85.4 Å². The third kappa shape index (κ3) is 13.1. The molecule has 0 saturated carbocycles. The van der Waals surface area contributed by atoms with E-state index in [4.69, 9.17) is 4.74 Å². The molecule has 0 heterocycles. The number of hydrogen-bond donors (Lipinski definition) is 0. The van der Waals surface area contributed by atoms with Crippen molar-refractivity contribution < 1.29 is 4.74 Å². The third-order valence-corrected chi connectivity index (χ3v) is 12.7. The van der Waals surface area contributed by atoms with Crippen LogP contribution < -0.4 is 0 Å². The van der Waals surface area contributed by atoms with Gasteiger partial charge in [0.05, 0.1) is 0 Å². The number of hydrogen-bond acceptors (Lipinski definition) is 1. The van der Waals surface area contributed by atoms with Gasteiger partial charge in [-0.2, -0.15) is 0 Å². The van der Waals surface area contributed by atoms with E-state index in [1.165, 1.54) is 44.9 Å². The second-order valence-corrected chi connectivity index (χ2v) is 14.1. The molecule has 0 spiro atoms. The zero-order chi connectivity index (χ0) is 14.3. The summed E-state index contributed by atoms with van der Waals surface area (Å²) < 4.78 is 10.3. The van der Waals surface area contributed by atoms with Crippen LogP contribution in [0.3, 0.4) is 0 Å². The van der Waals surface area contributed by atoms with E-state index in [1.54, 1.807) is 13.3 Å². The molecule has 0 atom stereocenters. The van der Waals surface area contributed by atoms with Crippen LogP contribution in [0.2, 0.25) is 13.3 Å². The van der Waals surface area contributed by atoms with Gasteiger partial charge in [-0.1, -0.05) is 0 Å². The van der Waals surface area contributed by atoms with Crippen molar-refractivity contribution in [1.29, 1.82) is 0 Å². The molecule has 0 aromatic rings. The molecule has 0 aliphatic heterocycles. The fourth-order valence-corrected chi connectivity index (χ4v) is 11.5. The van der Waals surface area contributed by atoms with Crippen molar-refractivity contribution in [2.24, 2.45) is 0 Å². The van der Waals surface area contributed by atoms with Gasteiger partial charge in [-0.15, -0.1) is 0 Å². The predicted octanol–water partition coefficient (Wildman–Crippen LogP) is 6.19. The van der Waals surface area contributed by atoms with E-state index in [-0.39, 0.29) is 0 Å². The maximum absolute atomic E-state index is 5.39. The molecule has 0 N–H and O–H groups in total. The summed E-state index contributed by atoms with van der Waals surface area (Å²) in [7, 11) is 0. The number of ether oxygens (including phenoxy) is 1. The van der Waals surface area contributed by atoms with Crippen LogP contribution in [0.15, 0.2) is 12.3 Å². The topological polar surface area (TPSA) is 9.23 Å². The van der Waals surface area contributed by atoms with E-state index < -0.39 is 19.8 Å². The van der Waals surface area contributed by atoms with Gasteiger partial charge in [0.1, 0.15) is 0 Å². The Kier molecular flexibility index (Phi) is 15.0. The van der Waals surface area contributed by atoms with Crippen molar-refractivity contribution in [3.8, 4) is 0 Å². The fraction of sp³-hybridized carbons (Fsp3) is 0.882. The summed E-state index contributed by atoms with van der Waals surface area (Å²) in [5.74, 6) is 0.985. The Labute approximate surface area is 128 Å². The van der Waals surface area contributed by atoms with Crippen molar-refractivity contribution in [3.05, 3.63) is 12.3 Å². The molecule has 0 rings (SSSR count). The van der Waals surface area contributed by atoms with Gasteiger partial charge in [0, 0.05) is 0 Å². The molecule has 1 radical (unpaired) electrons. The summed E-state index contributed by atoms with van der Waals surface area (Å²) in [5, 5.41) is 0. The first-order valence-corrected chi connectivity index (χ1v) is 14.4. The van der Waals surface area contributed by atoms with Gasteiger partial charge >= 0.3 is 129 Å². The second-order valence-electron chi connectivity index (χ2n) is 5.49. The number of allylic oxidation sites excluding steroid dienone is 1. The first kappa shape index (κ1) is 19.3. The van der Waals surface area contributed by atoms with Crippen LogP contribution >= 0.6 is 0 Å². The molecule has 0 unspecified atom stereocenters. The summed E-state index contributed by atoms with van der Waals surface area (Å²) >= 11 is -0.979. The first-order chi connectivity index (χ1) is 9.24. The zero-order valence-electron chi connectivity index (χ0n) is 13.6. The molecule has 0 aromatic carbocycles. The van der Waals surface area contributed by atoms with Gasteiger partial charge in [-0.05, 0) is 0 Å². The van der Waals surface area contributed by atoms with E-state index in [9.17, 15) is 0 Å². The fourth-order valence-electron chi connectivity index (χ4n) is 2.38. The summed E-state index contributed by atoms with van der Waals surface area (Å²) in [6, 6.07) is 0. The van der Waals surface area contributed by atoms with Crippen molar-refractivity contribution in [3.63, 3.8) is 0 Å². The Morgan fingerprint density at radius 2 is 1.42 bits per heavy atom. The standard InChI is InChI=1S/C9H17O.2C4H9.Sn/c1-4-6-7-8-9(3)10-5-2;2*1-3-4-2;/h1,3-8H2,2H3;2*1,3-4H2,2H3;. The average Bonchev–Trinajstić information content (AvgIpc) is 2.41. The molecule has 0 aliphatic rings. The van der Waals surface area contributed by atoms with Crippen molar-refractivity contribution in [2.75, 3.05) is 6.61 Å². The van der Waals surface area contributed by atoms with E-state index in [0.29, 0.717) is 0 Å². The van der Waals surface area contributed by atoms with Gasteiger partial charge < -0.3 is 0 Å². The molecule has 2 heteroatoms. The molecule has 0 aromatic heterocycles. The van der Waals surface area contributed by atoms with Gasteiger partial charge in [0.25, 0.3) is 0 Å². The van der Waals surface area contributed by atoms with Gasteiger partial charge in [-0.25, -0.2) is 0 Å². The minimum atomic E-state index is -0.979. The average molecular weight is 374 g/mol. The molecule has 0 aliphatic carbocycles. The van der Waals surface area contributed by atoms with Gasteiger partial charge in [-0.3, -0.25) is 0 Å². The van der Waals surface area contributed by atoms with E-state index >= 15 is 0 Å². The monoisotopic (exact) mass is 375 g/mol. The molecule has 0 amide bonds. The Morgan fingerprint density at radius 1 is 0.842 bits per heavy atom. The minimum absolute atomic E-state index is 0.769. The number of unbranched alkanes of at least 4 members (excludes halogenated alkanes) is 4. The summed E-state index contributed by atoms with van der Waals surface area (Å²) in [5.41, 5.74) is 0. The SMILES string of the molecule is C=C(CCCC[CH2][Sn]([CH2]CCC)[CH2]CCC)OCC. The van der Waals surface area contributed by atoms with E-state index in [1.807, 2.05) is 6.92 Å². The first-order valence-electron chi connectivity index (χ1n) is 8.38. The molecular weight excluding hydrogens is 339 g/mol. The third-order valence-electron chi connectivity index (χ3n) is 3.60. The summed E-state index contributed by atoms with van der Waals surface area (Å²) in [6.07, 6.45) is 11.0. The molecular formula is C17H35OSn. The molecule has 1 nitrogen and oxygen atoms in total. The molecule has 0 fully saturated rings. The van der Waals surface area contributed by atoms with Gasteiger partial charge in [0.2, 0.25) is 0 Å². The molecule has 19 heavy (non-hydrogen) atoms. The Hall–Kier alpha value is 0.339. The van der Waals surface area contributed by atoms with Crippen molar-refractivity contribution in [1.82, 2.24) is 0 Å². The quantitative estimate of drug-likeness (QED) is 0.200. The summed E-state index contributed by atoms with van der Waals surface area (Å²) in [6.45, 7) is 11.4. The van der Waals surface area contributed by atoms with Crippen LogP contribution in [-0.2, 0) is 4.74 Å². The maximum atomic E-state index is 5.39. The number of rotatable bonds is 14. The van der Waals surface area contributed by atoms with Crippen LogP contribution in [0, 0.1) is 0 Å². The van der Waals surface area contributed by atoms with Crippen LogP contribution in [0.4, 0.5) is 0 Å². The molecule has 113 valence electrons. The molecule has 0 saturated heterocycles. The van der Waals surface area contributed by atoms with E-state index in [0.717, 1.165) is 18.8 Å². The van der Waals surface area contributed by atoms with Crippen LogP contribution in [0.5, 0.6) is 0 Å². The Balaban J connectivity index is 3.58. The van der Waals surface area contributed by atoms with Gasteiger partial charge in [0.15, 0.2) is 0 Å².